The maximum Gasteiger partial charge on any atom is 0.283 e. The van der Waals surface area contributed by atoms with Crippen LogP contribution in [0.5, 0.6) is 0 Å². The third-order valence-electron chi connectivity index (χ3n) is 5.74. The Morgan fingerprint density at radius 2 is 1.49 bits per heavy atom. The van der Waals surface area contributed by atoms with Gasteiger partial charge >= 0.3 is 0 Å². The number of carbonyl (C=O) groups is 3. The predicted molar refractivity (Wildman–Crippen MR) is 140 cm³/mol. The van der Waals surface area contributed by atoms with Gasteiger partial charge in [-0.3, -0.25) is 14.4 Å². The van der Waals surface area contributed by atoms with Gasteiger partial charge in [0.25, 0.3) is 11.8 Å². The molecule has 1 aliphatic rings. The van der Waals surface area contributed by atoms with Crippen molar-refractivity contribution in [3.8, 4) is 0 Å². The lowest BCUT2D eigenvalue weighted by atomic mass is 10.1. The molecule has 0 atom stereocenters. The Balaban J connectivity index is 1.42. The Bertz CT molecular complexity index is 1330. The largest absolute Gasteiger partial charge is 0.350 e. The zero-order chi connectivity index (χ0) is 25.1. The molecule has 8 heteroatoms. The molecule has 0 bridgehead atoms. The number of rotatable bonds is 7. The number of aryl methyl sites for hydroxylation is 1. The van der Waals surface area contributed by atoms with E-state index in [1.54, 1.807) is 49.4 Å². The van der Waals surface area contributed by atoms with E-state index in [4.69, 9.17) is 23.2 Å². The lowest BCUT2D eigenvalue weighted by molar-refractivity contribution is -0.120. The molecule has 35 heavy (non-hydrogen) atoms. The summed E-state index contributed by atoms with van der Waals surface area (Å²) in [7, 11) is 0. The summed E-state index contributed by atoms with van der Waals surface area (Å²) in [4.78, 5) is 39.2. The molecule has 0 aromatic heterocycles. The first kappa shape index (κ1) is 24.5. The molecule has 0 unspecified atom stereocenters. The number of halogens is 2. The third kappa shape index (κ3) is 5.24. The van der Waals surface area contributed by atoms with Gasteiger partial charge in [-0.25, -0.2) is 4.90 Å². The number of nitrogens with one attached hydrogen (secondary N) is 2. The molecule has 0 aliphatic carbocycles. The average Bonchev–Trinajstić information content (AvgIpc) is 3.05. The number of carbonyl (C=O) groups excluding carboxylic acids is 3. The van der Waals surface area contributed by atoms with Crippen molar-refractivity contribution in [2.24, 2.45) is 0 Å². The van der Waals surface area contributed by atoms with Crippen molar-refractivity contribution in [3.63, 3.8) is 0 Å². The molecule has 2 N–H and O–H groups in total. The molecular weight excluding hydrogens is 485 g/mol. The fourth-order valence-corrected chi connectivity index (χ4v) is 4.12. The molecule has 0 saturated heterocycles. The number of benzene rings is 3. The number of hydrogen-bond acceptors (Lipinski definition) is 4. The Labute approximate surface area is 213 Å². The van der Waals surface area contributed by atoms with Crippen molar-refractivity contribution >= 4 is 58.0 Å². The van der Waals surface area contributed by atoms with Crippen molar-refractivity contribution in [2.45, 2.75) is 26.7 Å². The van der Waals surface area contributed by atoms with Crippen LogP contribution in [0.1, 0.15) is 23.6 Å². The van der Waals surface area contributed by atoms with Gasteiger partial charge in [-0.1, -0.05) is 60.5 Å². The highest BCUT2D eigenvalue weighted by Crippen LogP contribution is 2.34. The second-order valence-corrected chi connectivity index (χ2v) is 8.90. The summed E-state index contributed by atoms with van der Waals surface area (Å²) >= 11 is 12.4. The highest BCUT2D eigenvalue weighted by molar-refractivity contribution is 6.53. The normalized spacial score (nSPS) is 13.4. The van der Waals surface area contributed by atoms with E-state index in [0.29, 0.717) is 22.0 Å². The molecule has 178 valence electrons. The minimum absolute atomic E-state index is 0.0166. The van der Waals surface area contributed by atoms with Crippen LogP contribution in [0.15, 0.2) is 77.5 Å². The third-order valence-corrected chi connectivity index (χ3v) is 6.50. The summed E-state index contributed by atoms with van der Waals surface area (Å²) in [5, 5.41) is 6.06. The summed E-state index contributed by atoms with van der Waals surface area (Å²) in [6, 6.07) is 19.7. The molecular formula is C27H23Cl2N3O3. The molecule has 0 radical (unpaired) electrons. The van der Waals surface area contributed by atoms with Crippen LogP contribution >= 0.6 is 23.2 Å². The summed E-state index contributed by atoms with van der Waals surface area (Å²) in [5.74, 6) is -1.32. The molecule has 1 aliphatic heterocycles. The lowest BCUT2D eigenvalue weighted by Crippen LogP contribution is -2.32. The standard InChI is InChI=1S/C27H23Cl2N3O3/c1-3-17-7-11-19(12-8-17)30-23(33)15-18-9-13-20(14-10-18)31-25-24(29)26(34)32(27(25)35)22-6-4-5-21(28)16(22)2/h4-14,31H,3,15H2,1-2H3,(H,30,33). The van der Waals surface area contributed by atoms with Crippen LogP contribution < -0.4 is 15.5 Å². The van der Waals surface area contributed by atoms with Gasteiger partial charge in [0.1, 0.15) is 10.7 Å². The predicted octanol–water partition coefficient (Wildman–Crippen LogP) is 5.83. The zero-order valence-corrected chi connectivity index (χ0v) is 20.7. The number of hydrogen-bond donors (Lipinski definition) is 2. The molecule has 6 nitrogen and oxygen atoms in total. The molecule has 3 aromatic rings. The van der Waals surface area contributed by atoms with E-state index in [9.17, 15) is 14.4 Å². The van der Waals surface area contributed by atoms with Crippen molar-refractivity contribution in [1.29, 1.82) is 0 Å². The minimum atomic E-state index is -0.621. The topological polar surface area (TPSA) is 78.5 Å². The van der Waals surface area contributed by atoms with Crippen LogP contribution in [0.2, 0.25) is 5.02 Å². The monoisotopic (exact) mass is 507 g/mol. The van der Waals surface area contributed by atoms with Crippen molar-refractivity contribution in [1.82, 2.24) is 0 Å². The number of imide groups is 1. The van der Waals surface area contributed by atoms with Crippen LogP contribution in [0.25, 0.3) is 0 Å². The molecule has 3 amide bonds. The van der Waals surface area contributed by atoms with Crippen molar-refractivity contribution in [3.05, 3.63) is 99.2 Å². The first-order valence-corrected chi connectivity index (χ1v) is 11.8. The second-order valence-electron chi connectivity index (χ2n) is 8.12. The van der Waals surface area contributed by atoms with Crippen LogP contribution in [-0.2, 0) is 27.2 Å². The van der Waals surface area contributed by atoms with Gasteiger partial charge in [-0.15, -0.1) is 0 Å². The zero-order valence-electron chi connectivity index (χ0n) is 19.2. The van der Waals surface area contributed by atoms with Gasteiger partial charge in [0.05, 0.1) is 12.1 Å². The Morgan fingerprint density at radius 3 is 2.14 bits per heavy atom. The quantitative estimate of drug-likeness (QED) is 0.394. The van der Waals surface area contributed by atoms with E-state index in [0.717, 1.165) is 22.6 Å². The molecule has 4 rings (SSSR count). The van der Waals surface area contributed by atoms with E-state index < -0.39 is 11.8 Å². The summed E-state index contributed by atoms with van der Waals surface area (Å²) in [5.41, 5.74) is 4.27. The number of amides is 3. The van der Waals surface area contributed by atoms with Crippen molar-refractivity contribution in [2.75, 3.05) is 15.5 Å². The fraction of sp³-hybridized carbons (Fsp3) is 0.148. The molecule has 0 fully saturated rings. The first-order chi connectivity index (χ1) is 16.8. The van der Waals surface area contributed by atoms with E-state index in [1.807, 2.05) is 24.3 Å². The highest BCUT2D eigenvalue weighted by atomic mass is 35.5. The van der Waals surface area contributed by atoms with Crippen LogP contribution in [-0.4, -0.2) is 17.7 Å². The average molecular weight is 508 g/mol. The molecule has 3 aromatic carbocycles. The smallest absolute Gasteiger partial charge is 0.283 e. The van der Waals surface area contributed by atoms with Gasteiger partial charge in [-0.2, -0.15) is 0 Å². The maximum absolute atomic E-state index is 13.0. The van der Waals surface area contributed by atoms with E-state index in [1.165, 1.54) is 5.56 Å². The van der Waals surface area contributed by atoms with Gasteiger partial charge in [-0.05, 0) is 66.4 Å². The fourth-order valence-electron chi connectivity index (χ4n) is 3.73. The SMILES string of the molecule is CCc1ccc(NC(=O)Cc2ccc(NC3=C(Cl)C(=O)N(c4cccc(Cl)c4C)C3=O)cc2)cc1. The summed E-state index contributed by atoms with van der Waals surface area (Å²) in [6.07, 6.45) is 1.13. The van der Waals surface area contributed by atoms with E-state index in [-0.39, 0.29) is 23.1 Å². The van der Waals surface area contributed by atoms with Crippen LogP contribution in [0.3, 0.4) is 0 Å². The first-order valence-electron chi connectivity index (χ1n) is 11.1. The highest BCUT2D eigenvalue weighted by Gasteiger charge is 2.39. The van der Waals surface area contributed by atoms with E-state index in [2.05, 4.69) is 17.6 Å². The van der Waals surface area contributed by atoms with Crippen molar-refractivity contribution < 1.29 is 14.4 Å². The number of nitrogens with zero attached hydrogens (tertiary/aromatic N) is 1. The van der Waals surface area contributed by atoms with Gasteiger partial charge in [0, 0.05) is 16.4 Å². The minimum Gasteiger partial charge on any atom is -0.350 e. The Kier molecular flexibility index (Phi) is 7.24. The number of anilines is 3. The Hall–Kier alpha value is -3.61. The van der Waals surface area contributed by atoms with Gasteiger partial charge < -0.3 is 10.6 Å². The molecule has 0 spiro atoms. The van der Waals surface area contributed by atoms with Gasteiger partial charge in [0.15, 0.2) is 0 Å². The Morgan fingerprint density at radius 1 is 0.857 bits per heavy atom. The van der Waals surface area contributed by atoms with Crippen LogP contribution in [0.4, 0.5) is 17.1 Å². The maximum atomic E-state index is 13.0. The van der Waals surface area contributed by atoms with Gasteiger partial charge in [0.2, 0.25) is 5.91 Å². The lowest BCUT2D eigenvalue weighted by Gasteiger charge is -2.18. The molecule has 0 saturated carbocycles. The van der Waals surface area contributed by atoms with E-state index >= 15 is 0 Å². The second kappa shape index (κ2) is 10.3. The molecule has 1 heterocycles. The summed E-state index contributed by atoms with van der Waals surface area (Å²) < 4.78 is 0. The van der Waals surface area contributed by atoms with Crippen LogP contribution in [0, 0.1) is 6.92 Å². The summed E-state index contributed by atoms with van der Waals surface area (Å²) in [6.45, 7) is 3.81.